The van der Waals surface area contributed by atoms with Crippen molar-refractivity contribution in [1.82, 2.24) is 0 Å². The number of allylic oxidation sites excluding steroid dienone is 2. The van der Waals surface area contributed by atoms with E-state index in [4.69, 9.17) is 9.47 Å². The van der Waals surface area contributed by atoms with E-state index >= 15 is 0 Å². The lowest BCUT2D eigenvalue weighted by Crippen LogP contribution is -2.30. The lowest BCUT2D eigenvalue weighted by molar-refractivity contribution is -0.152. The number of carbonyl (C=O) groups is 1. The number of rotatable bonds is 10. The van der Waals surface area contributed by atoms with Gasteiger partial charge in [-0.2, -0.15) is 0 Å². The number of carbonyl (C=O) groups excluding carboxylic acids is 1. The molecule has 4 nitrogen and oxygen atoms in total. The molecule has 1 saturated carbocycles. The van der Waals surface area contributed by atoms with E-state index in [1.807, 2.05) is 25.1 Å². The molecule has 0 aromatic heterocycles. The Bertz CT molecular complexity index is 625. The molecule has 0 bridgehead atoms. The minimum absolute atomic E-state index is 0.220. The molecule has 0 unspecified atom stereocenters. The van der Waals surface area contributed by atoms with Gasteiger partial charge < -0.3 is 14.6 Å². The second-order valence-corrected chi connectivity index (χ2v) is 7.79. The number of esters is 1. The Hall–Kier alpha value is -1.65. The first kappa shape index (κ1) is 20.1. The Labute approximate surface area is 162 Å². The maximum Gasteiger partial charge on any atom is 0.311 e. The van der Waals surface area contributed by atoms with Gasteiger partial charge >= 0.3 is 5.97 Å². The minimum atomic E-state index is -0.543. The first-order valence-corrected chi connectivity index (χ1v) is 10.3. The van der Waals surface area contributed by atoms with Crippen LogP contribution in [0.15, 0.2) is 42.0 Å². The average Bonchev–Trinajstić information content (AvgIpc) is 3.17. The summed E-state index contributed by atoms with van der Waals surface area (Å²) in [6.45, 7) is 3.69. The maximum absolute atomic E-state index is 12.1. The van der Waals surface area contributed by atoms with Gasteiger partial charge in [0.25, 0.3) is 0 Å². The van der Waals surface area contributed by atoms with Gasteiger partial charge in [0.05, 0.1) is 25.2 Å². The Morgan fingerprint density at radius 2 is 2.00 bits per heavy atom. The molecule has 27 heavy (non-hydrogen) atoms. The predicted molar refractivity (Wildman–Crippen MR) is 105 cm³/mol. The van der Waals surface area contributed by atoms with Gasteiger partial charge in [-0.3, -0.25) is 4.79 Å². The number of benzene rings is 1. The van der Waals surface area contributed by atoms with Gasteiger partial charge in [-0.1, -0.05) is 48.4 Å². The molecule has 1 fully saturated rings. The predicted octanol–water partition coefficient (Wildman–Crippen LogP) is 4.27. The van der Waals surface area contributed by atoms with Crippen LogP contribution in [0.3, 0.4) is 0 Å². The van der Waals surface area contributed by atoms with Crippen LogP contribution in [-0.4, -0.2) is 30.4 Å². The summed E-state index contributed by atoms with van der Waals surface area (Å²) in [5.41, 5.74) is 2.68. The molecule has 148 valence electrons. The van der Waals surface area contributed by atoms with E-state index < -0.39 is 6.10 Å². The van der Waals surface area contributed by atoms with Crippen molar-refractivity contribution in [1.29, 1.82) is 0 Å². The van der Waals surface area contributed by atoms with Gasteiger partial charge in [0.15, 0.2) is 0 Å². The van der Waals surface area contributed by atoms with Crippen LogP contribution < -0.4 is 0 Å². The number of aliphatic hydroxyl groups is 1. The lowest BCUT2D eigenvalue weighted by Gasteiger charge is -2.19. The number of ether oxygens (including phenoxy) is 2. The quantitative estimate of drug-likeness (QED) is 0.379. The highest BCUT2D eigenvalue weighted by Gasteiger charge is 2.48. The van der Waals surface area contributed by atoms with Crippen molar-refractivity contribution in [2.24, 2.45) is 17.8 Å². The van der Waals surface area contributed by atoms with Gasteiger partial charge in [0, 0.05) is 6.61 Å². The number of unbranched alkanes of at least 4 members (excludes halogenated alkanes) is 2. The van der Waals surface area contributed by atoms with Gasteiger partial charge in [0.1, 0.15) is 0 Å². The molecule has 2 aliphatic rings. The third-order valence-electron chi connectivity index (χ3n) is 5.84. The SMILES string of the molecule is CCOC(=O)[C@@H]1[C@@H]2CC(CCCCCOCc3ccccc3)=C[C@@H]2C[C@@H]1O. The van der Waals surface area contributed by atoms with Crippen molar-refractivity contribution in [3.8, 4) is 0 Å². The van der Waals surface area contributed by atoms with Gasteiger partial charge in [0.2, 0.25) is 0 Å². The van der Waals surface area contributed by atoms with Crippen LogP contribution in [0.1, 0.15) is 51.0 Å². The van der Waals surface area contributed by atoms with Crippen molar-refractivity contribution in [3.63, 3.8) is 0 Å². The van der Waals surface area contributed by atoms with Crippen LogP contribution in [0, 0.1) is 17.8 Å². The number of hydrogen-bond donors (Lipinski definition) is 1. The first-order chi connectivity index (χ1) is 13.2. The third-order valence-corrected chi connectivity index (χ3v) is 5.84. The molecule has 3 rings (SSSR count). The number of hydrogen-bond acceptors (Lipinski definition) is 4. The molecule has 4 atom stereocenters. The summed E-state index contributed by atoms with van der Waals surface area (Å²) < 4.78 is 10.9. The molecule has 0 heterocycles. The molecule has 2 aliphatic carbocycles. The van der Waals surface area contributed by atoms with Crippen molar-refractivity contribution in [2.45, 2.75) is 58.2 Å². The molecule has 0 saturated heterocycles. The molecule has 1 N–H and O–H groups in total. The summed E-state index contributed by atoms with van der Waals surface area (Å²) in [6.07, 6.45) is 7.91. The van der Waals surface area contributed by atoms with Gasteiger partial charge in [-0.05, 0) is 56.4 Å². The maximum atomic E-state index is 12.1. The van der Waals surface area contributed by atoms with Crippen LogP contribution in [0.2, 0.25) is 0 Å². The highest BCUT2D eigenvalue weighted by molar-refractivity contribution is 5.74. The highest BCUT2D eigenvalue weighted by Crippen LogP contribution is 2.48. The van der Waals surface area contributed by atoms with Gasteiger partial charge in [-0.25, -0.2) is 0 Å². The topological polar surface area (TPSA) is 55.8 Å². The smallest absolute Gasteiger partial charge is 0.311 e. The van der Waals surface area contributed by atoms with E-state index in [2.05, 4.69) is 18.2 Å². The largest absolute Gasteiger partial charge is 0.466 e. The van der Waals surface area contributed by atoms with Crippen molar-refractivity contribution < 1.29 is 19.4 Å². The zero-order valence-corrected chi connectivity index (χ0v) is 16.3. The summed E-state index contributed by atoms with van der Waals surface area (Å²) in [6, 6.07) is 10.3. The monoisotopic (exact) mass is 372 g/mol. The molecular formula is C23H32O4. The fraction of sp³-hybridized carbons (Fsp3) is 0.609. The summed E-state index contributed by atoms with van der Waals surface area (Å²) in [5, 5.41) is 10.2. The molecule has 4 heteroatoms. The zero-order valence-electron chi connectivity index (χ0n) is 16.3. The minimum Gasteiger partial charge on any atom is -0.466 e. The normalized spacial score (nSPS) is 26.7. The molecule has 0 aliphatic heterocycles. The van der Waals surface area contributed by atoms with Gasteiger partial charge in [-0.15, -0.1) is 0 Å². The van der Waals surface area contributed by atoms with Crippen LogP contribution in [0.25, 0.3) is 0 Å². The van der Waals surface area contributed by atoms with E-state index in [1.54, 1.807) is 0 Å². The van der Waals surface area contributed by atoms with E-state index in [0.717, 1.165) is 38.7 Å². The highest BCUT2D eigenvalue weighted by atomic mass is 16.5. The number of aliphatic hydroxyl groups excluding tert-OH is 1. The molecule has 0 spiro atoms. The Morgan fingerprint density at radius 1 is 1.19 bits per heavy atom. The number of fused-ring (bicyclic) bond motifs is 1. The fourth-order valence-corrected chi connectivity index (χ4v) is 4.55. The standard InChI is InChI=1S/C23H32O4/c1-2-27-23(25)22-20-14-18(13-19(20)15-21(22)24)11-7-4-8-12-26-16-17-9-5-3-6-10-17/h3,5-6,9-10,13,19-22,24H,2,4,7-8,11-12,14-16H2,1H3/t19-,20-,21+,22-/m1/s1. The fourth-order valence-electron chi connectivity index (χ4n) is 4.55. The molecule has 0 amide bonds. The Balaban J connectivity index is 1.31. The van der Waals surface area contributed by atoms with E-state index in [0.29, 0.717) is 25.6 Å². The second kappa shape index (κ2) is 10.0. The van der Waals surface area contributed by atoms with Crippen LogP contribution >= 0.6 is 0 Å². The van der Waals surface area contributed by atoms with E-state index in [-0.39, 0.29) is 17.8 Å². The van der Waals surface area contributed by atoms with Crippen LogP contribution in [0.4, 0.5) is 0 Å². The van der Waals surface area contributed by atoms with Crippen molar-refractivity contribution >= 4 is 5.97 Å². The molecule has 1 aromatic carbocycles. The van der Waals surface area contributed by atoms with Crippen molar-refractivity contribution in [3.05, 3.63) is 47.5 Å². The first-order valence-electron chi connectivity index (χ1n) is 10.3. The van der Waals surface area contributed by atoms with Crippen LogP contribution in [-0.2, 0) is 20.9 Å². The summed E-state index contributed by atoms with van der Waals surface area (Å²) in [7, 11) is 0. The van der Waals surface area contributed by atoms with E-state index in [9.17, 15) is 9.90 Å². The Morgan fingerprint density at radius 3 is 2.78 bits per heavy atom. The zero-order chi connectivity index (χ0) is 19.1. The Kier molecular flexibility index (Phi) is 7.48. The summed E-state index contributed by atoms with van der Waals surface area (Å²) >= 11 is 0. The van der Waals surface area contributed by atoms with Crippen molar-refractivity contribution in [2.75, 3.05) is 13.2 Å². The summed E-state index contributed by atoms with van der Waals surface area (Å²) in [4.78, 5) is 12.1. The average molecular weight is 373 g/mol. The molecular weight excluding hydrogens is 340 g/mol. The summed E-state index contributed by atoms with van der Waals surface area (Å²) in [5.74, 6) is 0.0275. The third kappa shape index (κ3) is 5.43. The molecule has 1 aromatic rings. The van der Waals surface area contributed by atoms with Crippen LogP contribution in [0.5, 0.6) is 0 Å². The second-order valence-electron chi connectivity index (χ2n) is 7.79. The van der Waals surface area contributed by atoms with E-state index in [1.165, 1.54) is 11.1 Å². The molecule has 0 radical (unpaired) electrons. The lowest BCUT2D eigenvalue weighted by atomic mass is 9.89.